The van der Waals surface area contributed by atoms with Gasteiger partial charge in [-0.1, -0.05) is 23.2 Å². The maximum absolute atomic E-state index is 6.13. The van der Waals surface area contributed by atoms with Gasteiger partial charge in [0.25, 0.3) is 0 Å². The molecule has 114 valence electrons. The number of hydrogen-bond donors (Lipinski definition) is 1. The molecular formula is C12H20Cl3N5. The molecule has 0 radical (unpaired) electrons. The molecule has 1 N–H and O–H groups in total. The molecule has 1 aromatic rings. The van der Waals surface area contributed by atoms with Gasteiger partial charge < -0.3 is 15.1 Å². The van der Waals surface area contributed by atoms with E-state index in [-0.39, 0.29) is 18.4 Å². The minimum Gasteiger partial charge on any atom is -0.366 e. The van der Waals surface area contributed by atoms with Crippen LogP contribution >= 0.6 is 35.6 Å². The summed E-state index contributed by atoms with van der Waals surface area (Å²) in [5, 5.41) is 3.88. The minimum atomic E-state index is 0. The summed E-state index contributed by atoms with van der Waals surface area (Å²) in [7, 11) is 2.11. The standard InChI is InChI=1S/C12H19Cl2N5.ClH/c1-8(2)15-11-9(13)10(14)16-12(17-11)19-6-4-18(3)5-7-19;/h8H,4-7H2,1-3H3,(H,15,16,17);1H. The normalized spacial score (nSPS) is 16.2. The first-order chi connectivity index (χ1) is 8.97. The lowest BCUT2D eigenvalue weighted by Crippen LogP contribution is -2.45. The van der Waals surface area contributed by atoms with Crippen LogP contribution in [-0.2, 0) is 0 Å². The number of nitrogens with one attached hydrogen (secondary N) is 1. The zero-order chi connectivity index (χ0) is 14.0. The van der Waals surface area contributed by atoms with E-state index in [1.165, 1.54) is 0 Å². The summed E-state index contributed by atoms with van der Waals surface area (Å²) >= 11 is 12.2. The van der Waals surface area contributed by atoms with E-state index in [4.69, 9.17) is 23.2 Å². The van der Waals surface area contributed by atoms with Gasteiger partial charge in [0, 0.05) is 32.2 Å². The van der Waals surface area contributed by atoms with Crippen molar-refractivity contribution in [2.24, 2.45) is 0 Å². The zero-order valence-electron chi connectivity index (χ0n) is 11.9. The van der Waals surface area contributed by atoms with Crippen LogP contribution < -0.4 is 10.2 Å². The molecule has 2 rings (SSSR count). The molecule has 0 spiro atoms. The third-order valence-corrected chi connectivity index (χ3v) is 3.74. The highest BCUT2D eigenvalue weighted by atomic mass is 35.5. The van der Waals surface area contributed by atoms with Gasteiger partial charge in [-0.15, -0.1) is 12.4 Å². The van der Waals surface area contributed by atoms with E-state index < -0.39 is 0 Å². The van der Waals surface area contributed by atoms with Crippen molar-refractivity contribution in [3.8, 4) is 0 Å². The summed E-state index contributed by atoms with van der Waals surface area (Å²) in [5.41, 5.74) is 0. The summed E-state index contributed by atoms with van der Waals surface area (Å²) in [6, 6.07) is 0.240. The third kappa shape index (κ3) is 4.25. The van der Waals surface area contributed by atoms with Crippen molar-refractivity contribution in [1.82, 2.24) is 14.9 Å². The summed E-state index contributed by atoms with van der Waals surface area (Å²) in [4.78, 5) is 13.2. The summed E-state index contributed by atoms with van der Waals surface area (Å²) in [5.74, 6) is 1.25. The second kappa shape index (κ2) is 7.50. The van der Waals surface area contributed by atoms with E-state index in [1.54, 1.807) is 0 Å². The monoisotopic (exact) mass is 339 g/mol. The van der Waals surface area contributed by atoms with Crippen LogP contribution in [0.2, 0.25) is 10.2 Å². The summed E-state index contributed by atoms with van der Waals surface area (Å²) < 4.78 is 0. The number of hydrogen-bond acceptors (Lipinski definition) is 5. The molecule has 20 heavy (non-hydrogen) atoms. The molecule has 1 aromatic heterocycles. The second-order valence-corrected chi connectivity index (χ2v) is 5.80. The second-order valence-electron chi connectivity index (χ2n) is 5.07. The topological polar surface area (TPSA) is 44.3 Å². The van der Waals surface area contributed by atoms with Crippen LogP contribution in [0.15, 0.2) is 0 Å². The summed E-state index contributed by atoms with van der Waals surface area (Å²) in [6.45, 7) is 7.85. The molecule has 0 saturated carbocycles. The van der Waals surface area contributed by atoms with Gasteiger partial charge in [-0.3, -0.25) is 0 Å². The first kappa shape index (κ1) is 17.6. The fourth-order valence-corrected chi connectivity index (χ4v) is 2.23. The molecular weight excluding hydrogens is 321 g/mol. The highest BCUT2D eigenvalue weighted by Crippen LogP contribution is 2.29. The third-order valence-electron chi connectivity index (χ3n) is 3.01. The molecule has 1 fully saturated rings. The predicted molar refractivity (Wildman–Crippen MR) is 87.8 cm³/mol. The number of rotatable bonds is 3. The Hall–Kier alpha value is -0.490. The number of halogens is 3. The Kier molecular flexibility index (Phi) is 6.58. The number of nitrogens with zero attached hydrogens (tertiary/aromatic N) is 4. The maximum atomic E-state index is 6.13. The Morgan fingerprint density at radius 3 is 2.25 bits per heavy atom. The number of piperazine rings is 1. The van der Waals surface area contributed by atoms with Crippen LogP contribution in [0, 0.1) is 0 Å². The Balaban J connectivity index is 0.00000200. The van der Waals surface area contributed by atoms with Crippen molar-refractivity contribution in [1.29, 1.82) is 0 Å². The average molecular weight is 341 g/mol. The highest BCUT2D eigenvalue weighted by Gasteiger charge is 2.19. The molecule has 0 aromatic carbocycles. The SMILES string of the molecule is CC(C)Nc1nc(N2CCN(C)CC2)nc(Cl)c1Cl.Cl. The lowest BCUT2D eigenvalue weighted by atomic mass is 10.3. The maximum Gasteiger partial charge on any atom is 0.228 e. The van der Waals surface area contributed by atoms with Crippen molar-refractivity contribution in [2.75, 3.05) is 43.4 Å². The van der Waals surface area contributed by atoms with E-state index in [0.29, 0.717) is 21.9 Å². The van der Waals surface area contributed by atoms with Crippen LogP contribution in [0.5, 0.6) is 0 Å². The van der Waals surface area contributed by atoms with Gasteiger partial charge in [0.1, 0.15) is 5.02 Å². The van der Waals surface area contributed by atoms with E-state index in [0.717, 1.165) is 26.2 Å². The van der Waals surface area contributed by atoms with E-state index in [9.17, 15) is 0 Å². The van der Waals surface area contributed by atoms with Gasteiger partial charge in [-0.05, 0) is 20.9 Å². The molecule has 1 aliphatic heterocycles. The Morgan fingerprint density at radius 2 is 1.70 bits per heavy atom. The lowest BCUT2D eigenvalue weighted by Gasteiger charge is -2.32. The molecule has 5 nitrogen and oxygen atoms in total. The summed E-state index contributed by atoms with van der Waals surface area (Å²) in [6.07, 6.45) is 0. The average Bonchev–Trinajstić information content (AvgIpc) is 2.35. The van der Waals surface area contributed by atoms with E-state index >= 15 is 0 Å². The number of anilines is 2. The van der Waals surface area contributed by atoms with Crippen LogP contribution in [-0.4, -0.2) is 54.1 Å². The Labute approximate surface area is 136 Å². The fraction of sp³-hybridized carbons (Fsp3) is 0.667. The molecule has 0 amide bonds. The number of aromatic nitrogens is 2. The Bertz CT molecular complexity index is 447. The van der Waals surface area contributed by atoms with E-state index in [1.807, 2.05) is 13.8 Å². The minimum absolute atomic E-state index is 0. The smallest absolute Gasteiger partial charge is 0.228 e. The molecule has 0 atom stereocenters. The molecule has 8 heteroatoms. The van der Waals surface area contributed by atoms with Crippen LogP contribution in [0.3, 0.4) is 0 Å². The largest absolute Gasteiger partial charge is 0.366 e. The molecule has 1 saturated heterocycles. The van der Waals surface area contributed by atoms with E-state index in [2.05, 4.69) is 32.1 Å². The molecule has 2 heterocycles. The van der Waals surface area contributed by atoms with Gasteiger partial charge in [-0.25, -0.2) is 0 Å². The number of likely N-dealkylation sites (N-methyl/N-ethyl adjacent to an activating group) is 1. The van der Waals surface area contributed by atoms with Crippen molar-refractivity contribution in [2.45, 2.75) is 19.9 Å². The van der Waals surface area contributed by atoms with Crippen LogP contribution in [0.4, 0.5) is 11.8 Å². The quantitative estimate of drug-likeness (QED) is 0.857. The molecule has 1 aliphatic rings. The van der Waals surface area contributed by atoms with Crippen molar-refractivity contribution >= 4 is 47.4 Å². The van der Waals surface area contributed by atoms with Crippen LogP contribution in [0.25, 0.3) is 0 Å². The predicted octanol–water partition coefficient (Wildman–Crippen LogP) is 2.78. The van der Waals surface area contributed by atoms with Gasteiger partial charge >= 0.3 is 0 Å². The highest BCUT2D eigenvalue weighted by molar-refractivity contribution is 6.42. The molecule has 0 unspecified atom stereocenters. The zero-order valence-corrected chi connectivity index (χ0v) is 14.2. The molecule has 0 bridgehead atoms. The van der Waals surface area contributed by atoms with Gasteiger partial charge in [0.15, 0.2) is 11.0 Å². The van der Waals surface area contributed by atoms with Crippen molar-refractivity contribution in [3.05, 3.63) is 10.2 Å². The first-order valence-corrected chi connectivity index (χ1v) is 7.16. The Morgan fingerprint density at radius 1 is 1.10 bits per heavy atom. The van der Waals surface area contributed by atoms with Gasteiger partial charge in [0.05, 0.1) is 0 Å². The molecule has 0 aliphatic carbocycles. The first-order valence-electron chi connectivity index (χ1n) is 6.40. The van der Waals surface area contributed by atoms with Gasteiger partial charge in [0.2, 0.25) is 5.95 Å². The van der Waals surface area contributed by atoms with Crippen LogP contribution in [0.1, 0.15) is 13.8 Å². The fourth-order valence-electron chi connectivity index (χ4n) is 1.93. The lowest BCUT2D eigenvalue weighted by molar-refractivity contribution is 0.311. The van der Waals surface area contributed by atoms with Crippen molar-refractivity contribution < 1.29 is 0 Å². The van der Waals surface area contributed by atoms with Crippen molar-refractivity contribution in [3.63, 3.8) is 0 Å². The van der Waals surface area contributed by atoms with Gasteiger partial charge in [-0.2, -0.15) is 9.97 Å².